The second-order valence-electron chi connectivity index (χ2n) is 10.8. The van der Waals surface area contributed by atoms with Crippen molar-refractivity contribution in [2.45, 2.75) is 77.2 Å². The Morgan fingerprint density at radius 3 is 2.35 bits per heavy atom. The van der Waals surface area contributed by atoms with Crippen molar-refractivity contribution in [1.29, 1.82) is 5.41 Å². The standard InChI is InChI=1S/C33H40N6O/c34-30-24-27-20-19-25-14-11-12-17-28(25)33(27)38-39(30)23-13-6-4-2-1-3-5-10-18-32(40)35-31-22-21-29(36-37-31)26-15-8-7-9-16-26/h7-9,11-12,14-17,21-22,24,34,36-37H,1-6,10,13,18-20,23H2,(H,35,40)/p+1. The molecule has 0 radical (unpaired) electrons. The number of aromatic nitrogens is 2. The summed E-state index contributed by atoms with van der Waals surface area (Å²) in [5.74, 6) is 0.877. The summed E-state index contributed by atoms with van der Waals surface area (Å²) in [5, 5.41) is 16.3. The lowest BCUT2D eigenvalue weighted by Crippen LogP contribution is -2.93. The van der Waals surface area contributed by atoms with E-state index in [1.54, 1.807) is 0 Å². The van der Waals surface area contributed by atoms with Gasteiger partial charge in [-0.25, -0.2) is 10.1 Å². The minimum Gasteiger partial charge on any atom is -0.283 e. The molecule has 0 saturated carbocycles. The van der Waals surface area contributed by atoms with E-state index in [1.807, 2.05) is 46.5 Å². The normalized spacial score (nSPS) is 13.9. The van der Waals surface area contributed by atoms with Crippen LogP contribution >= 0.6 is 0 Å². The van der Waals surface area contributed by atoms with Crippen LogP contribution in [0.1, 0.15) is 74.5 Å². The number of nitrogens with zero attached hydrogens (tertiary/aromatic N) is 2. The molecule has 1 amide bonds. The minimum absolute atomic E-state index is 0.0754. The maximum Gasteiger partial charge on any atom is 0.229 e. The molecule has 0 bridgehead atoms. The fourth-order valence-electron chi connectivity index (χ4n) is 5.50. The van der Waals surface area contributed by atoms with Crippen LogP contribution in [0.5, 0.6) is 0 Å². The Labute approximate surface area is 236 Å². The summed E-state index contributed by atoms with van der Waals surface area (Å²) < 4.78 is 1.88. The second kappa shape index (κ2) is 13.9. The Balaban J connectivity index is 0.927. The molecule has 7 heteroatoms. The third-order valence-corrected chi connectivity index (χ3v) is 7.76. The quantitative estimate of drug-likeness (QED) is 0.188. The molecule has 7 nitrogen and oxygen atoms in total. The van der Waals surface area contributed by atoms with Crippen LogP contribution < -0.4 is 21.7 Å². The van der Waals surface area contributed by atoms with Crippen molar-refractivity contribution in [2.75, 3.05) is 0 Å². The summed E-state index contributed by atoms with van der Waals surface area (Å²) >= 11 is 0. The number of hydrogen-bond acceptors (Lipinski definition) is 4. The van der Waals surface area contributed by atoms with Gasteiger partial charge in [-0.3, -0.25) is 15.5 Å². The summed E-state index contributed by atoms with van der Waals surface area (Å²) in [6.07, 6.45) is 15.5. The van der Waals surface area contributed by atoms with Gasteiger partial charge in [-0.15, -0.1) is 0 Å². The molecule has 0 saturated heterocycles. The highest BCUT2D eigenvalue weighted by Crippen LogP contribution is 2.30. The molecule has 40 heavy (non-hydrogen) atoms. The van der Waals surface area contributed by atoms with Crippen LogP contribution in [0.25, 0.3) is 17.0 Å². The molecule has 2 aliphatic rings. The first-order chi connectivity index (χ1) is 19.7. The smallest absolute Gasteiger partial charge is 0.229 e. The monoisotopic (exact) mass is 537 g/mol. The van der Waals surface area contributed by atoms with Gasteiger partial charge in [0.05, 0.1) is 11.4 Å². The van der Waals surface area contributed by atoms with Gasteiger partial charge in [0, 0.05) is 30.2 Å². The highest BCUT2D eigenvalue weighted by atomic mass is 16.1. The van der Waals surface area contributed by atoms with Crippen LogP contribution in [0.15, 0.2) is 78.6 Å². The van der Waals surface area contributed by atoms with E-state index in [2.05, 4.69) is 47.1 Å². The third kappa shape index (κ3) is 7.36. The molecule has 5 rings (SSSR count). The highest BCUT2D eigenvalue weighted by molar-refractivity contribution is 5.77. The molecule has 1 aromatic heterocycles. The molecule has 0 unspecified atom stereocenters. The van der Waals surface area contributed by atoms with Gasteiger partial charge >= 0.3 is 0 Å². The predicted octanol–water partition coefficient (Wildman–Crippen LogP) is 4.72. The molecule has 2 aromatic carbocycles. The first kappa shape index (κ1) is 27.6. The van der Waals surface area contributed by atoms with E-state index in [4.69, 9.17) is 10.5 Å². The average molecular weight is 538 g/mol. The lowest BCUT2D eigenvalue weighted by Gasteiger charge is -2.20. The lowest BCUT2D eigenvalue weighted by atomic mass is 9.89. The van der Waals surface area contributed by atoms with Crippen molar-refractivity contribution >= 4 is 11.6 Å². The van der Waals surface area contributed by atoms with Gasteiger partial charge in [-0.1, -0.05) is 93.1 Å². The van der Waals surface area contributed by atoms with Gasteiger partial charge in [-0.05, 0) is 49.0 Å². The number of carbonyl (C=O) groups is 1. The summed E-state index contributed by atoms with van der Waals surface area (Å²) in [5.41, 5.74) is 12.6. The van der Waals surface area contributed by atoms with Gasteiger partial charge in [0.1, 0.15) is 5.49 Å². The Morgan fingerprint density at radius 1 is 0.875 bits per heavy atom. The number of fused-ring (bicyclic) bond motifs is 3. The number of hydrogen-bond donors (Lipinski definition) is 4. The van der Waals surface area contributed by atoms with Crippen LogP contribution in [0, 0.1) is 5.41 Å². The van der Waals surface area contributed by atoms with Gasteiger partial charge in [0.25, 0.3) is 0 Å². The number of amides is 1. The summed E-state index contributed by atoms with van der Waals surface area (Å²) in [6, 6.07) is 20.7. The number of unbranched alkanes of at least 4 members (excludes halogenated alkanes) is 7. The topological polar surface area (TPSA) is 99.4 Å². The maximum atomic E-state index is 12.3. The Hall–Kier alpha value is -3.97. The van der Waals surface area contributed by atoms with E-state index in [0.29, 0.717) is 11.9 Å². The van der Waals surface area contributed by atoms with E-state index in [0.717, 1.165) is 67.8 Å². The van der Waals surface area contributed by atoms with E-state index < -0.39 is 0 Å². The summed E-state index contributed by atoms with van der Waals surface area (Å²) in [6.45, 7) is 0.802. The van der Waals surface area contributed by atoms with Crippen LogP contribution in [0.2, 0.25) is 0 Å². The molecule has 1 aliphatic carbocycles. The third-order valence-electron chi connectivity index (χ3n) is 7.76. The van der Waals surface area contributed by atoms with E-state index in [1.165, 1.54) is 42.4 Å². The first-order valence-corrected chi connectivity index (χ1v) is 14.8. The predicted molar refractivity (Wildman–Crippen MR) is 158 cm³/mol. The SMILES string of the molecule is N=c1cc2c(nn1CCCCCCCCCCC(=O)NC1=CC=C(c3ccccc3)N[NH2+]1)-c1ccccc1CC2. The largest absolute Gasteiger partial charge is 0.283 e. The molecular formula is C33H41N6O+. The Kier molecular flexibility index (Phi) is 9.59. The number of benzene rings is 2. The molecule has 3 aromatic rings. The highest BCUT2D eigenvalue weighted by Gasteiger charge is 2.18. The van der Waals surface area contributed by atoms with Crippen LogP contribution in [-0.4, -0.2) is 15.7 Å². The Bertz CT molecular complexity index is 1420. The molecular weight excluding hydrogens is 496 g/mol. The zero-order chi connectivity index (χ0) is 27.6. The number of quaternary nitrogens is 1. The Morgan fingerprint density at radius 2 is 1.57 bits per heavy atom. The fraction of sp³-hybridized carbons (Fsp3) is 0.364. The zero-order valence-electron chi connectivity index (χ0n) is 23.3. The summed E-state index contributed by atoms with van der Waals surface area (Å²) in [4.78, 5) is 12.3. The number of nitrogens with one attached hydrogen (secondary N) is 3. The van der Waals surface area contributed by atoms with Gasteiger partial charge in [0.2, 0.25) is 11.7 Å². The molecule has 1 aliphatic heterocycles. The molecule has 0 fully saturated rings. The molecule has 5 N–H and O–H groups in total. The van der Waals surface area contributed by atoms with E-state index in [-0.39, 0.29) is 5.91 Å². The van der Waals surface area contributed by atoms with Crippen molar-refractivity contribution in [3.8, 4) is 11.3 Å². The number of rotatable bonds is 13. The first-order valence-electron chi connectivity index (χ1n) is 14.8. The maximum absolute atomic E-state index is 12.3. The molecule has 0 atom stereocenters. The van der Waals surface area contributed by atoms with Crippen LogP contribution in [0.4, 0.5) is 0 Å². The number of carbonyl (C=O) groups excluding carboxylic acids is 1. The lowest BCUT2D eigenvalue weighted by molar-refractivity contribution is -0.657. The van der Waals surface area contributed by atoms with Crippen molar-refractivity contribution in [2.24, 2.45) is 0 Å². The van der Waals surface area contributed by atoms with Gasteiger partial charge in [0.15, 0.2) is 0 Å². The van der Waals surface area contributed by atoms with Crippen LogP contribution in [0.3, 0.4) is 0 Å². The number of aryl methyl sites for hydroxylation is 3. The van der Waals surface area contributed by atoms with Crippen molar-refractivity contribution in [1.82, 2.24) is 20.5 Å². The molecule has 0 spiro atoms. The van der Waals surface area contributed by atoms with Crippen LogP contribution in [-0.2, 0) is 24.2 Å². The molecule has 208 valence electrons. The zero-order valence-corrected chi connectivity index (χ0v) is 23.3. The fourth-order valence-corrected chi connectivity index (χ4v) is 5.50. The van der Waals surface area contributed by atoms with Gasteiger partial charge in [-0.2, -0.15) is 10.5 Å². The number of allylic oxidation sites excluding steroid dienone is 2. The minimum atomic E-state index is 0.0754. The van der Waals surface area contributed by atoms with Gasteiger partial charge < -0.3 is 0 Å². The summed E-state index contributed by atoms with van der Waals surface area (Å²) in [7, 11) is 0. The average Bonchev–Trinajstić information content (AvgIpc) is 2.99. The van der Waals surface area contributed by atoms with E-state index >= 15 is 0 Å². The molecule has 2 heterocycles. The van der Waals surface area contributed by atoms with Crippen molar-refractivity contribution < 1.29 is 10.2 Å². The second-order valence-corrected chi connectivity index (χ2v) is 10.8. The van der Waals surface area contributed by atoms with Crippen molar-refractivity contribution in [3.05, 3.63) is 101 Å². The number of nitrogens with two attached hydrogens (primary N) is 1. The van der Waals surface area contributed by atoms with Crippen molar-refractivity contribution in [3.63, 3.8) is 0 Å². The van der Waals surface area contributed by atoms with E-state index in [9.17, 15) is 4.79 Å².